The SMILES string of the molecule is CC(C)(C)OC(=O)N1CC2(CCN(C(c3ccc(Br)cn3)C(F)(F)F)C2=O)CC1=O. The Labute approximate surface area is 179 Å². The number of alkyl halides is 3. The van der Waals surface area contributed by atoms with Crippen LogP contribution in [0.15, 0.2) is 22.8 Å². The quantitative estimate of drug-likeness (QED) is 0.627. The molecule has 3 amide bonds. The van der Waals surface area contributed by atoms with Gasteiger partial charge in [0.2, 0.25) is 11.8 Å². The second kappa shape index (κ2) is 7.51. The molecule has 3 heterocycles. The van der Waals surface area contributed by atoms with Crippen LogP contribution in [0.5, 0.6) is 0 Å². The van der Waals surface area contributed by atoms with Gasteiger partial charge in [0.1, 0.15) is 5.60 Å². The molecule has 0 saturated carbocycles. The second-order valence-corrected chi connectivity index (χ2v) is 9.43. The van der Waals surface area contributed by atoms with E-state index in [0.29, 0.717) is 9.37 Å². The van der Waals surface area contributed by atoms with Gasteiger partial charge >= 0.3 is 12.3 Å². The number of amides is 3. The van der Waals surface area contributed by atoms with E-state index in [1.807, 2.05) is 0 Å². The molecule has 0 radical (unpaired) electrons. The second-order valence-electron chi connectivity index (χ2n) is 8.51. The van der Waals surface area contributed by atoms with Crippen LogP contribution in [0.25, 0.3) is 0 Å². The van der Waals surface area contributed by atoms with Crippen LogP contribution >= 0.6 is 15.9 Å². The van der Waals surface area contributed by atoms with Crippen molar-refractivity contribution in [2.75, 3.05) is 13.1 Å². The lowest BCUT2D eigenvalue weighted by Gasteiger charge is -2.31. The van der Waals surface area contributed by atoms with Gasteiger partial charge in [-0.3, -0.25) is 14.6 Å². The molecule has 1 spiro atoms. The van der Waals surface area contributed by atoms with Gasteiger partial charge < -0.3 is 9.64 Å². The maximum absolute atomic E-state index is 13.9. The van der Waals surface area contributed by atoms with Crippen LogP contribution in [-0.2, 0) is 14.3 Å². The molecule has 2 fully saturated rings. The van der Waals surface area contributed by atoms with Gasteiger partial charge in [0, 0.05) is 30.2 Å². The van der Waals surface area contributed by atoms with Crippen molar-refractivity contribution in [1.82, 2.24) is 14.8 Å². The van der Waals surface area contributed by atoms with Gasteiger partial charge in [-0.05, 0) is 55.3 Å². The van der Waals surface area contributed by atoms with Crippen LogP contribution < -0.4 is 0 Å². The summed E-state index contributed by atoms with van der Waals surface area (Å²) < 4.78 is 47.3. The van der Waals surface area contributed by atoms with Crippen LogP contribution in [0.4, 0.5) is 18.0 Å². The molecular formula is C19H21BrF3N3O4. The first-order valence-corrected chi connectivity index (χ1v) is 10.1. The van der Waals surface area contributed by atoms with Crippen molar-refractivity contribution in [3.63, 3.8) is 0 Å². The smallest absolute Gasteiger partial charge is 0.417 e. The number of rotatable bonds is 2. The topological polar surface area (TPSA) is 79.8 Å². The van der Waals surface area contributed by atoms with E-state index in [1.54, 1.807) is 20.8 Å². The Morgan fingerprint density at radius 3 is 2.47 bits per heavy atom. The number of halogens is 4. The van der Waals surface area contributed by atoms with Crippen molar-refractivity contribution in [3.8, 4) is 0 Å². The molecule has 2 aliphatic heterocycles. The zero-order chi connectivity index (χ0) is 22.5. The molecule has 164 valence electrons. The van der Waals surface area contributed by atoms with E-state index in [-0.39, 0.29) is 31.6 Å². The summed E-state index contributed by atoms with van der Waals surface area (Å²) in [5.41, 5.74) is -2.55. The third-order valence-electron chi connectivity index (χ3n) is 5.06. The summed E-state index contributed by atoms with van der Waals surface area (Å²) in [6.45, 7) is 4.39. The average Bonchev–Trinajstić information content (AvgIpc) is 3.09. The van der Waals surface area contributed by atoms with Crippen LogP contribution in [0.2, 0.25) is 0 Å². The normalized spacial score (nSPS) is 23.4. The molecule has 0 bridgehead atoms. The number of pyridine rings is 1. The minimum Gasteiger partial charge on any atom is -0.443 e. The fourth-order valence-corrected chi connectivity index (χ4v) is 4.01. The standard InChI is InChI=1S/C19H21BrF3N3O4/c1-17(2,3)30-16(29)26-10-18(8-13(26)27)6-7-25(15(18)28)14(19(21,22)23)12-5-4-11(20)9-24-12/h4-5,9,14H,6-8,10H2,1-3H3. The first-order chi connectivity index (χ1) is 13.7. The highest BCUT2D eigenvalue weighted by Crippen LogP contribution is 2.47. The van der Waals surface area contributed by atoms with Crippen molar-refractivity contribution < 1.29 is 32.3 Å². The van der Waals surface area contributed by atoms with E-state index < -0.39 is 41.1 Å². The van der Waals surface area contributed by atoms with E-state index in [1.165, 1.54) is 18.3 Å². The molecule has 0 aliphatic carbocycles. The number of likely N-dealkylation sites (tertiary alicyclic amines) is 2. The van der Waals surface area contributed by atoms with Crippen molar-refractivity contribution in [2.24, 2.45) is 5.41 Å². The molecule has 2 aliphatic rings. The van der Waals surface area contributed by atoms with Crippen molar-refractivity contribution in [3.05, 3.63) is 28.5 Å². The van der Waals surface area contributed by atoms with Gasteiger partial charge in [-0.25, -0.2) is 9.69 Å². The fraction of sp³-hybridized carbons (Fsp3) is 0.579. The van der Waals surface area contributed by atoms with E-state index in [2.05, 4.69) is 20.9 Å². The van der Waals surface area contributed by atoms with Gasteiger partial charge in [-0.2, -0.15) is 13.2 Å². The Kier molecular flexibility index (Phi) is 5.63. The number of imide groups is 1. The van der Waals surface area contributed by atoms with Crippen LogP contribution in [0.3, 0.4) is 0 Å². The summed E-state index contributed by atoms with van der Waals surface area (Å²) >= 11 is 3.13. The van der Waals surface area contributed by atoms with E-state index in [4.69, 9.17) is 4.74 Å². The number of nitrogens with zero attached hydrogens (tertiary/aromatic N) is 3. The first kappa shape index (κ1) is 22.5. The van der Waals surface area contributed by atoms with Gasteiger partial charge in [-0.15, -0.1) is 0 Å². The van der Waals surface area contributed by atoms with Crippen molar-refractivity contribution >= 4 is 33.8 Å². The maximum atomic E-state index is 13.9. The zero-order valence-electron chi connectivity index (χ0n) is 16.6. The number of aromatic nitrogens is 1. The molecule has 3 rings (SSSR count). The molecule has 0 aromatic carbocycles. The lowest BCUT2D eigenvalue weighted by molar-refractivity contribution is -0.191. The number of hydrogen-bond donors (Lipinski definition) is 0. The lowest BCUT2D eigenvalue weighted by atomic mass is 9.85. The van der Waals surface area contributed by atoms with Gasteiger partial charge in [0.25, 0.3) is 0 Å². The minimum absolute atomic E-state index is 0.0278. The molecule has 0 N–H and O–H groups in total. The van der Waals surface area contributed by atoms with Crippen molar-refractivity contribution in [2.45, 2.75) is 51.4 Å². The van der Waals surface area contributed by atoms with Gasteiger partial charge in [-0.1, -0.05) is 0 Å². The van der Waals surface area contributed by atoms with E-state index in [0.717, 1.165) is 4.90 Å². The molecule has 2 atom stereocenters. The molecule has 1 aromatic heterocycles. The third kappa shape index (κ3) is 4.30. The minimum atomic E-state index is -4.75. The largest absolute Gasteiger partial charge is 0.443 e. The molecule has 1 aromatic rings. The predicted molar refractivity (Wildman–Crippen MR) is 102 cm³/mol. The fourth-order valence-electron chi connectivity index (χ4n) is 3.77. The molecule has 11 heteroatoms. The summed E-state index contributed by atoms with van der Waals surface area (Å²) in [7, 11) is 0. The monoisotopic (exact) mass is 491 g/mol. The Morgan fingerprint density at radius 2 is 1.93 bits per heavy atom. The van der Waals surface area contributed by atoms with E-state index >= 15 is 0 Å². The van der Waals surface area contributed by atoms with Crippen LogP contribution in [-0.4, -0.2) is 57.6 Å². The molecule has 30 heavy (non-hydrogen) atoms. The highest BCUT2D eigenvalue weighted by molar-refractivity contribution is 9.10. The third-order valence-corrected chi connectivity index (χ3v) is 5.53. The lowest BCUT2D eigenvalue weighted by Crippen LogP contribution is -2.44. The Bertz CT molecular complexity index is 869. The number of carbonyl (C=O) groups is 3. The highest BCUT2D eigenvalue weighted by atomic mass is 79.9. The summed E-state index contributed by atoms with van der Waals surface area (Å²) in [6.07, 6.45) is -4.74. The zero-order valence-corrected chi connectivity index (χ0v) is 18.2. The maximum Gasteiger partial charge on any atom is 0.417 e. The first-order valence-electron chi connectivity index (χ1n) is 9.26. The van der Waals surface area contributed by atoms with Crippen molar-refractivity contribution in [1.29, 1.82) is 0 Å². The highest BCUT2D eigenvalue weighted by Gasteiger charge is 2.60. The Hall–Kier alpha value is -2.17. The molecule has 2 unspecified atom stereocenters. The number of carbonyl (C=O) groups excluding carboxylic acids is 3. The Morgan fingerprint density at radius 1 is 1.27 bits per heavy atom. The summed E-state index contributed by atoms with van der Waals surface area (Å²) in [6, 6.07) is 0.386. The number of ether oxygens (including phenoxy) is 1. The van der Waals surface area contributed by atoms with Crippen LogP contribution in [0, 0.1) is 5.41 Å². The summed E-state index contributed by atoms with van der Waals surface area (Å²) in [4.78, 5) is 43.2. The molecular weight excluding hydrogens is 471 g/mol. The summed E-state index contributed by atoms with van der Waals surface area (Å²) in [5.74, 6) is -1.45. The van der Waals surface area contributed by atoms with Gasteiger partial charge in [0.05, 0.1) is 11.1 Å². The molecule has 2 saturated heterocycles. The molecule has 7 nitrogen and oxygen atoms in total. The Balaban J connectivity index is 1.86. The van der Waals surface area contributed by atoms with Gasteiger partial charge in [0.15, 0.2) is 6.04 Å². The predicted octanol–water partition coefficient (Wildman–Crippen LogP) is 3.83. The average molecular weight is 492 g/mol. The number of hydrogen-bond acceptors (Lipinski definition) is 5. The van der Waals surface area contributed by atoms with E-state index in [9.17, 15) is 27.6 Å². The summed E-state index contributed by atoms with van der Waals surface area (Å²) in [5, 5.41) is 0. The van der Waals surface area contributed by atoms with Crippen LogP contribution in [0.1, 0.15) is 45.3 Å².